The van der Waals surface area contributed by atoms with E-state index in [1.165, 1.54) is 5.41 Å². The highest BCUT2D eigenvalue weighted by atomic mass is 32.2. The van der Waals surface area contributed by atoms with Crippen LogP contribution in [0.25, 0.3) is 0 Å². The molecule has 0 fully saturated rings. The average molecular weight is 240 g/mol. The fraction of sp³-hybridized carbons (Fsp3) is 0.273. The number of sulfone groups is 1. The molecule has 0 N–H and O–H groups in total. The van der Waals surface area contributed by atoms with Crippen LogP contribution in [0, 0.1) is 0 Å². The molecule has 0 heterocycles. The first-order valence-corrected chi connectivity index (χ1v) is 9.93. The first-order valence-electron chi connectivity index (χ1n) is 4.81. The lowest BCUT2D eigenvalue weighted by Crippen LogP contribution is -2.16. The van der Waals surface area contributed by atoms with Crippen LogP contribution in [0.3, 0.4) is 0 Å². The van der Waals surface area contributed by atoms with E-state index in [2.05, 4.69) is 19.6 Å². The summed E-state index contributed by atoms with van der Waals surface area (Å²) >= 11 is 0. The quantitative estimate of drug-likeness (QED) is 0.761. The molecule has 0 unspecified atom stereocenters. The van der Waals surface area contributed by atoms with Gasteiger partial charge in [0.1, 0.15) is 0 Å². The van der Waals surface area contributed by atoms with Gasteiger partial charge in [-0.05, 0) is 12.1 Å². The molecule has 0 amide bonds. The molecule has 1 aromatic carbocycles. The van der Waals surface area contributed by atoms with E-state index >= 15 is 0 Å². The molecule has 15 heavy (non-hydrogen) atoms. The maximum absolute atomic E-state index is 11.8. The Morgan fingerprint density at radius 3 is 2.07 bits per heavy atom. The summed E-state index contributed by atoms with van der Waals surface area (Å²) in [6.07, 6.45) is 0. The Morgan fingerprint density at radius 1 is 1.07 bits per heavy atom. The number of hydrogen-bond acceptors (Lipinski definition) is 2. The van der Waals surface area contributed by atoms with Gasteiger partial charge >= 0.3 is 0 Å². The third-order valence-electron chi connectivity index (χ3n) is 1.82. The molecule has 4 heteroatoms. The van der Waals surface area contributed by atoms with Crippen molar-refractivity contribution < 1.29 is 8.42 Å². The topological polar surface area (TPSA) is 34.1 Å². The zero-order valence-corrected chi connectivity index (χ0v) is 11.1. The SMILES string of the molecule is C[Si](C)(C)C=CS(=O)(=O)c1ccccc1. The van der Waals surface area contributed by atoms with Crippen molar-refractivity contribution in [1.29, 1.82) is 0 Å². The van der Waals surface area contributed by atoms with Crippen LogP contribution in [0.5, 0.6) is 0 Å². The van der Waals surface area contributed by atoms with Gasteiger partial charge in [0.2, 0.25) is 0 Å². The van der Waals surface area contributed by atoms with E-state index in [-0.39, 0.29) is 0 Å². The molecule has 0 aliphatic rings. The van der Waals surface area contributed by atoms with Crippen LogP contribution in [0.4, 0.5) is 0 Å². The molecule has 2 nitrogen and oxygen atoms in total. The van der Waals surface area contributed by atoms with Gasteiger partial charge in [-0.25, -0.2) is 8.42 Å². The molecule has 0 radical (unpaired) electrons. The molecule has 82 valence electrons. The van der Waals surface area contributed by atoms with Gasteiger partial charge in [-0.2, -0.15) is 0 Å². The van der Waals surface area contributed by atoms with Crippen LogP contribution in [-0.2, 0) is 9.84 Å². The molecule has 1 aromatic rings. The van der Waals surface area contributed by atoms with E-state index in [1.807, 2.05) is 5.70 Å². The lowest BCUT2D eigenvalue weighted by Gasteiger charge is -2.08. The molecule has 0 saturated carbocycles. The summed E-state index contributed by atoms with van der Waals surface area (Å²) in [5, 5.41) is 1.34. The van der Waals surface area contributed by atoms with Crippen LogP contribution in [0.15, 0.2) is 46.3 Å². The molecular weight excluding hydrogens is 224 g/mol. The van der Waals surface area contributed by atoms with Crippen molar-refractivity contribution >= 4 is 17.9 Å². The molecule has 0 bridgehead atoms. The number of hydrogen-bond donors (Lipinski definition) is 0. The smallest absolute Gasteiger partial charge is 0.199 e. The minimum atomic E-state index is -3.24. The average Bonchev–Trinajstić information content (AvgIpc) is 2.16. The molecule has 0 atom stereocenters. The Bertz CT molecular complexity index is 441. The van der Waals surface area contributed by atoms with Gasteiger partial charge in [-0.1, -0.05) is 43.5 Å². The minimum Gasteiger partial charge on any atom is -0.219 e. The summed E-state index contributed by atoms with van der Waals surface area (Å²) in [6, 6.07) is 8.50. The summed E-state index contributed by atoms with van der Waals surface area (Å²) in [7, 11) is -4.70. The summed E-state index contributed by atoms with van der Waals surface area (Å²) < 4.78 is 23.6. The van der Waals surface area contributed by atoms with Gasteiger partial charge in [0.15, 0.2) is 9.84 Å². The zero-order valence-electron chi connectivity index (χ0n) is 9.27. The summed E-state index contributed by atoms with van der Waals surface area (Å²) in [5.74, 6) is 0. The fourth-order valence-electron chi connectivity index (χ4n) is 0.982. The van der Waals surface area contributed by atoms with Crippen LogP contribution in [-0.4, -0.2) is 16.5 Å². The third-order valence-corrected chi connectivity index (χ3v) is 4.65. The largest absolute Gasteiger partial charge is 0.219 e. The van der Waals surface area contributed by atoms with Crippen molar-refractivity contribution in [3.63, 3.8) is 0 Å². The zero-order chi connectivity index (χ0) is 11.5. The van der Waals surface area contributed by atoms with E-state index in [0.717, 1.165) is 0 Å². The van der Waals surface area contributed by atoms with E-state index < -0.39 is 17.9 Å². The predicted octanol–water partition coefficient (Wildman–Crippen LogP) is 2.85. The van der Waals surface area contributed by atoms with Crippen LogP contribution in [0.2, 0.25) is 19.6 Å². The Balaban J connectivity index is 3.01. The van der Waals surface area contributed by atoms with E-state index in [9.17, 15) is 8.42 Å². The number of benzene rings is 1. The molecule has 0 aliphatic carbocycles. The fourth-order valence-corrected chi connectivity index (χ4v) is 4.03. The second-order valence-corrected chi connectivity index (χ2v) is 11.4. The van der Waals surface area contributed by atoms with Crippen LogP contribution >= 0.6 is 0 Å². The van der Waals surface area contributed by atoms with Crippen molar-refractivity contribution in [2.75, 3.05) is 0 Å². The van der Waals surface area contributed by atoms with E-state index in [0.29, 0.717) is 4.90 Å². The predicted molar refractivity (Wildman–Crippen MR) is 66.1 cm³/mol. The van der Waals surface area contributed by atoms with E-state index in [4.69, 9.17) is 0 Å². The Hall–Kier alpha value is -0.873. The maximum atomic E-state index is 11.8. The van der Waals surface area contributed by atoms with Gasteiger partial charge in [0.05, 0.1) is 13.0 Å². The van der Waals surface area contributed by atoms with Gasteiger partial charge in [0, 0.05) is 5.41 Å². The second-order valence-electron chi connectivity index (χ2n) is 4.53. The highest BCUT2D eigenvalue weighted by Crippen LogP contribution is 2.13. The molecule has 0 aromatic heterocycles. The molecule has 1 rings (SSSR count). The first kappa shape index (κ1) is 12.2. The standard InChI is InChI=1S/C11H16O2SSi/c1-15(2,3)10-9-14(12,13)11-7-5-4-6-8-11/h4-10H,1-3H3. The Morgan fingerprint density at radius 2 is 1.60 bits per heavy atom. The van der Waals surface area contributed by atoms with Crippen molar-refractivity contribution in [1.82, 2.24) is 0 Å². The van der Waals surface area contributed by atoms with Crippen LogP contribution in [0.1, 0.15) is 0 Å². The summed E-state index contributed by atoms with van der Waals surface area (Å²) in [4.78, 5) is 0.361. The molecular formula is C11H16O2SSi. The van der Waals surface area contributed by atoms with Gasteiger partial charge in [-0.15, -0.1) is 0 Å². The van der Waals surface area contributed by atoms with Gasteiger partial charge in [-0.3, -0.25) is 0 Å². The van der Waals surface area contributed by atoms with Gasteiger partial charge in [0.25, 0.3) is 0 Å². The maximum Gasteiger partial charge on any atom is 0.199 e. The monoisotopic (exact) mass is 240 g/mol. The van der Waals surface area contributed by atoms with Crippen molar-refractivity contribution in [3.05, 3.63) is 41.4 Å². The third kappa shape index (κ3) is 4.01. The summed E-state index contributed by atoms with van der Waals surface area (Å²) in [5.41, 5.74) is 1.84. The van der Waals surface area contributed by atoms with Gasteiger partial charge < -0.3 is 0 Å². The van der Waals surface area contributed by atoms with Crippen molar-refractivity contribution in [2.45, 2.75) is 24.5 Å². The first-order chi connectivity index (χ1) is 6.81. The minimum absolute atomic E-state index is 0.361. The van der Waals surface area contributed by atoms with Crippen molar-refractivity contribution in [3.8, 4) is 0 Å². The van der Waals surface area contributed by atoms with E-state index in [1.54, 1.807) is 30.3 Å². The van der Waals surface area contributed by atoms with Crippen molar-refractivity contribution in [2.24, 2.45) is 0 Å². The lowest BCUT2D eigenvalue weighted by atomic mass is 10.4. The van der Waals surface area contributed by atoms with Crippen LogP contribution < -0.4 is 0 Å². The number of rotatable bonds is 3. The Kier molecular flexibility index (Phi) is 3.52. The highest BCUT2D eigenvalue weighted by Gasteiger charge is 2.13. The normalized spacial score (nSPS) is 13.3. The Labute approximate surface area is 92.6 Å². The molecule has 0 spiro atoms. The molecule has 0 saturated heterocycles. The lowest BCUT2D eigenvalue weighted by molar-refractivity contribution is 0.604. The second kappa shape index (κ2) is 4.33. The summed E-state index contributed by atoms with van der Waals surface area (Å²) in [6.45, 7) is 6.30. The highest BCUT2D eigenvalue weighted by molar-refractivity contribution is 7.94. The molecule has 0 aliphatic heterocycles.